The molecule has 16 rings (SSSR count). The second-order valence-corrected chi connectivity index (χ2v) is 58.0. The Morgan fingerprint density at radius 3 is 1.32 bits per heavy atom. The van der Waals surface area contributed by atoms with Crippen molar-refractivity contribution in [1.82, 2.24) is 98.4 Å². The number of amides is 2. The number of rotatable bonds is 18. The van der Waals surface area contributed by atoms with Gasteiger partial charge in [-0.05, 0) is 98.2 Å². The summed E-state index contributed by atoms with van der Waals surface area (Å²) in [7, 11) is -2.22. The summed E-state index contributed by atoms with van der Waals surface area (Å²) in [5, 5.41) is 28.4. The highest BCUT2D eigenvalue weighted by Crippen LogP contribution is 2.56. The number of nitrogens with two attached hydrogens (primary N) is 4. The van der Waals surface area contributed by atoms with Gasteiger partial charge >= 0.3 is 0 Å². The zero-order valence-electron chi connectivity index (χ0n) is 73.6. The number of carbonyl (C=O) groups is 2. The number of hydrogen-bond acceptors (Lipinski definition) is 37. The van der Waals surface area contributed by atoms with Crippen molar-refractivity contribution in [2.24, 2.45) is 23.3 Å². The number of nitrogens with one attached hydrogen (secondary N) is 6. The quantitative estimate of drug-likeness (QED) is 0.0127. The van der Waals surface area contributed by atoms with Crippen molar-refractivity contribution in [1.29, 1.82) is 5.26 Å². The second kappa shape index (κ2) is 41.6. The lowest BCUT2D eigenvalue weighted by Gasteiger charge is -2.43. The molecule has 6 saturated heterocycles. The highest BCUT2D eigenvalue weighted by Gasteiger charge is 2.57. The lowest BCUT2D eigenvalue weighted by atomic mass is 10.00. The van der Waals surface area contributed by atoms with E-state index in [1.165, 1.54) is 39.4 Å². The normalized spacial score (nSPS) is 29.7. The number of aromatic nitrogens is 16. The Bertz CT molecular complexity index is 5980. The van der Waals surface area contributed by atoms with E-state index >= 15 is 0 Å². The van der Waals surface area contributed by atoms with Crippen molar-refractivity contribution >= 4 is 181 Å². The summed E-state index contributed by atoms with van der Waals surface area (Å²) in [5.74, 6) is -0.561. The van der Waals surface area contributed by atoms with E-state index in [2.05, 4.69) is 176 Å². The maximum Gasteiger partial charge on any atom is 0.261 e. The molecular weight excluding hydrogens is 1890 g/mol. The smallest absolute Gasteiger partial charge is 0.261 e. The van der Waals surface area contributed by atoms with E-state index in [1.807, 2.05) is 26.0 Å². The van der Waals surface area contributed by atoms with Crippen LogP contribution in [-0.2, 0) is 114 Å². The molecule has 20 atom stereocenters. The van der Waals surface area contributed by atoms with E-state index in [9.17, 15) is 19.7 Å². The van der Waals surface area contributed by atoms with Crippen molar-refractivity contribution in [3.8, 4) is 6.07 Å². The first-order valence-electron chi connectivity index (χ1n) is 41.3. The summed E-state index contributed by atoms with van der Waals surface area (Å²) in [4.78, 5) is 97.3. The lowest BCUT2D eigenvalue weighted by molar-refractivity contribution is -0.190. The Hall–Kier alpha value is -7.22. The van der Waals surface area contributed by atoms with E-state index in [-0.39, 0.29) is 104 Å². The first-order chi connectivity index (χ1) is 61.8. The van der Waals surface area contributed by atoms with Crippen molar-refractivity contribution in [2.45, 2.75) is 184 Å². The molecule has 8 aromatic heterocycles. The summed E-state index contributed by atoms with van der Waals surface area (Å²) < 4.78 is 87.2. The predicted molar refractivity (Wildman–Crippen MR) is 507 cm³/mol. The number of nitrogens with zero attached hydrogens (tertiary/aromatic N) is 18. The van der Waals surface area contributed by atoms with Gasteiger partial charge in [0.15, 0.2) is 86.0 Å². The van der Waals surface area contributed by atoms with Gasteiger partial charge in [-0.25, -0.2) is 76.6 Å². The Morgan fingerprint density at radius 2 is 0.892 bits per heavy atom. The van der Waals surface area contributed by atoms with Gasteiger partial charge in [0.05, 0.1) is 102 Å². The first kappa shape index (κ1) is 100. The molecule has 6 aliphatic rings. The molecule has 6 aliphatic heterocycles. The van der Waals surface area contributed by atoms with Crippen molar-refractivity contribution in [3.05, 3.63) is 134 Å². The fourth-order valence-electron chi connectivity index (χ4n) is 15.0. The minimum absolute atomic E-state index is 0.0140. The zero-order valence-corrected chi connectivity index (χ0v) is 83.3. The molecule has 10 aromatic rings. The third-order valence-corrected chi connectivity index (χ3v) is 41.8. The van der Waals surface area contributed by atoms with Gasteiger partial charge in [0.2, 0.25) is 6.54 Å². The van der Waals surface area contributed by atoms with E-state index < -0.39 is 134 Å². The maximum absolute atomic E-state index is 14.2. The number of fused-ring (bicyclic) bond motifs is 8. The summed E-state index contributed by atoms with van der Waals surface area (Å²) in [6.45, 7) is 20.8. The van der Waals surface area contributed by atoms with E-state index in [0.717, 1.165) is 0 Å². The van der Waals surface area contributed by atoms with Crippen LogP contribution >= 0.6 is 25.5 Å². The highest BCUT2D eigenvalue weighted by molar-refractivity contribution is 8.52. The average molecular weight is 1990 g/mol. The number of anilines is 4. The molecule has 700 valence electrons. The Morgan fingerprint density at radius 1 is 0.538 bits per heavy atom. The molecule has 14 heterocycles. The largest absolute Gasteiger partial charge is 0.789 e. The van der Waals surface area contributed by atoms with Crippen LogP contribution in [0.15, 0.2) is 111 Å². The van der Waals surface area contributed by atoms with Gasteiger partial charge in [0.25, 0.3) is 25.1 Å². The number of benzene rings is 2. The van der Waals surface area contributed by atoms with Gasteiger partial charge < -0.3 is 110 Å². The van der Waals surface area contributed by atoms with Crippen molar-refractivity contribution in [2.75, 3.05) is 82.4 Å². The molecule has 6 fully saturated rings. The summed E-state index contributed by atoms with van der Waals surface area (Å²) >= 11 is 30.2. The molecule has 0 spiro atoms. The molecule has 2 aromatic carbocycles. The predicted octanol–water partition coefficient (Wildman–Crippen LogP) is 8.39. The molecular formula is C76H106N28O15P4S5Si2-2. The van der Waals surface area contributed by atoms with E-state index in [4.69, 9.17) is 137 Å². The fraction of sp³-hybridized carbons (Fsp3) is 0.526. The van der Waals surface area contributed by atoms with Crippen LogP contribution in [-0.4, -0.2) is 228 Å². The van der Waals surface area contributed by atoms with Crippen LogP contribution < -0.4 is 58.8 Å². The monoisotopic (exact) mass is 1990 g/mol. The highest BCUT2D eigenvalue weighted by atomic mass is 32.9. The molecule has 0 aliphatic carbocycles. The van der Waals surface area contributed by atoms with Crippen LogP contribution in [0.3, 0.4) is 0 Å². The molecule has 14 N–H and O–H groups in total. The Kier molecular flexibility index (Phi) is 32.0. The fourth-order valence-corrected chi connectivity index (χ4v) is 26.3. The van der Waals surface area contributed by atoms with E-state index in [0.29, 0.717) is 55.8 Å². The summed E-state index contributed by atoms with van der Waals surface area (Å²) in [6.07, 6.45) is 3.84. The van der Waals surface area contributed by atoms with Gasteiger partial charge in [0, 0.05) is 34.6 Å². The third-order valence-electron chi connectivity index (χ3n) is 23.6. The minimum atomic E-state index is -3.98. The topological polar surface area (TPSA) is 547 Å². The number of carbonyl (C=O) groups excluding carboxylic acids is 2. The SMILES string of the molecule is CN.CN.C[C@@H]1[C@@H]2NP(=S)([S-])OC[C@H]3O[C@@H](n4cnc5c(N)ncnc54)[C@H](O[Si](C)(C)C(C)(C)C)[C@@H]3NP([O-])(=S)OC[C@H]2O[C@H]1n1cnc2c(N)ncnc21.[C-]#[N+]CCOP1(=S)N[C@H]2[C@@H](C)[C@H](n3cnc4c(NC(=O)c5ccccc5)ncnc43)O[C@@H]2COP(=S)(OCCC#N)N[C@H]2[C@@H](O[Si](C)(C)C(C)(C)C)[C@H](n3cnc4c(NC(=O)c5ccccc5)ncnc43)O[C@@H]2CO1. The summed E-state index contributed by atoms with van der Waals surface area (Å²) in [6, 6.07) is 16.9. The maximum atomic E-state index is 14.2. The van der Waals surface area contributed by atoms with Gasteiger partial charge in [-0.3, -0.25) is 38.0 Å². The van der Waals surface area contributed by atoms with Gasteiger partial charge in [-0.2, -0.15) is 5.26 Å². The van der Waals surface area contributed by atoms with Crippen LogP contribution in [0.2, 0.25) is 36.3 Å². The van der Waals surface area contributed by atoms with E-state index in [1.54, 1.807) is 92.1 Å². The molecule has 130 heavy (non-hydrogen) atoms. The number of ether oxygens (including phenoxy) is 4. The molecule has 0 saturated carbocycles. The molecule has 2 amide bonds. The number of hydrogen-bond donors (Lipinski definition) is 10. The van der Waals surface area contributed by atoms with Crippen LogP contribution in [0.25, 0.3) is 49.5 Å². The minimum Gasteiger partial charge on any atom is -0.789 e. The average Bonchev–Trinajstić information content (AvgIpc) is 1.61. The van der Waals surface area contributed by atoms with Crippen LogP contribution in [0.4, 0.5) is 23.3 Å². The third kappa shape index (κ3) is 22.0. The van der Waals surface area contributed by atoms with Gasteiger partial charge in [0.1, 0.15) is 85.9 Å². The Balaban J connectivity index is 0.000000228. The molecule has 0 radical (unpaired) electrons. The van der Waals surface area contributed by atoms with Gasteiger partial charge in [-0.15, -0.1) is 0 Å². The molecule has 43 nitrogen and oxygen atoms in total. The molecule has 54 heteroatoms. The standard InChI is InChI=1S/C47H56N14O9P2S2Si.C27H42N12O6P2S3Si.2CH5N/c1-29-34-32(68-45(29)60-27-54-36-39(50-25-52-41(36)60)56-43(62)30-15-10-8-11-16-30)23-66-72(74,64-21-14-19-48)59-35-33(24-67-71(73,58-34)65-22-20-49-5)69-46(38(35)70-75(6,7)47(2,3)4)61-28-55-37-40(51-26-53-42(37)61)57-44(63)31-17-12-9-13-18-31;1-13-16-14(43-25(13)38-11-34-18-21(28)30-9-32-23(18)38)7-41-46(40,48)36-17-15(8-42-47(49,50)37-16)44-26(20(17)45-51(5,6)27(2,3)4)39-12-35-19-22(29)31-10-33-24(19)39;2*1-2/h8-13,15-18,25-29,32-35,38,45-46H,14,20-24H2,1-4,6-7H3,(H,58,73)(H,59,74)(H,50,52,56,62)(H,51,53,57,63);9-17,20,25-26H,7-8H2,1-6H3,(H2,28,30,32)(H2,29,31,33)(H2,36,40,48)(H2,37,49,50);2*2H2,1H3/p-2/t29-,32-,33-,34+,35-,38-,45-,46-,71?,72?;13-,14-,15-,16+,17-,20-,25-,26-,46?;;/m11../s1. The van der Waals surface area contributed by atoms with Gasteiger partial charge in [-0.1, -0.05) is 115 Å². The zero-order chi connectivity index (χ0) is 93.8. The second-order valence-electron chi connectivity index (χ2n) is 33.8. The van der Waals surface area contributed by atoms with Crippen LogP contribution in [0.1, 0.15) is 107 Å². The summed E-state index contributed by atoms with van der Waals surface area (Å²) in [5.41, 5.74) is 22.1. The van der Waals surface area contributed by atoms with Crippen molar-refractivity contribution < 1.29 is 69.4 Å². The number of nitrogen functional groups attached to an aromatic ring is 2. The van der Waals surface area contributed by atoms with Crippen molar-refractivity contribution in [3.63, 3.8) is 0 Å². The molecule has 0 bridgehead atoms. The lowest BCUT2D eigenvalue weighted by Crippen LogP contribution is -2.53. The molecule has 4 unspecified atom stereocenters. The number of imidazole rings is 4. The first-order valence-corrected chi connectivity index (χ1v) is 58.8. The Labute approximate surface area is 778 Å². The van der Waals surface area contributed by atoms with Crippen LogP contribution in [0.5, 0.6) is 0 Å². The van der Waals surface area contributed by atoms with Crippen LogP contribution in [0, 0.1) is 29.7 Å². The number of nitriles is 1.